The Hall–Kier alpha value is -2.23. The number of alkyl halides is 3. The summed E-state index contributed by atoms with van der Waals surface area (Å²) in [5.41, 5.74) is 2.17. The molecule has 3 N–H and O–H groups in total. The fourth-order valence-electron chi connectivity index (χ4n) is 2.48. The van der Waals surface area contributed by atoms with Crippen LogP contribution in [0.5, 0.6) is 0 Å². The molecule has 0 fully saturated rings. The third-order valence-electron chi connectivity index (χ3n) is 3.75. The molecule has 6 nitrogen and oxygen atoms in total. The first kappa shape index (κ1) is 21.1. The maximum Gasteiger partial charge on any atom is 0.453 e. The third-order valence-corrected chi connectivity index (χ3v) is 4.69. The van der Waals surface area contributed by atoms with Crippen LogP contribution in [0.4, 0.5) is 13.2 Å². The average Bonchev–Trinajstić information content (AvgIpc) is 2.94. The maximum absolute atomic E-state index is 12.6. The molecule has 2 rings (SSSR count). The molecule has 0 spiro atoms. The minimum absolute atomic E-state index is 0.122. The molecule has 10 heteroatoms. The van der Waals surface area contributed by atoms with Gasteiger partial charge in [-0.05, 0) is 30.4 Å². The molecule has 1 heterocycles. The number of nitrogens with one attached hydrogen (secondary N) is 1. The highest BCUT2D eigenvalue weighted by Crippen LogP contribution is 2.28. The van der Waals surface area contributed by atoms with Crippen molar-refractivity contribution in [2.24, 2.45) is 5.92 Å². The first-order valence-electron chi connectivity index (χ1n) is 8.36. The van der Waals surface area contributed by atoms with Crippen LogP contribution in [-0.2, 0) is 17.4 Å². The molecule has 1 aromatic carbocycles. The summed E-state index contributed by atoms with van der Waals surface area (Å²) in [7, 11) is 0. The highest BCUT2D eigenvalue weighted by atomic mass is 32.2. The van der Waals surface area contributed by atoms with Crippen LogP contribution in [0.2, 0.25) is 0 Å². The molecule has 27 heavy (non-hydrogen) atoms. The Morgan fingerprint density at radius 3 is 2.37 bits per heavy atom. The molecule has 0 aliphatic carbocycles. The predicted molar refractivity (Wildman–Crippen MR) is 97.4 cm³/mol. The van der Waals surface area contributed by atoms with Crippen molar-refractivity contribution in [3.63, 3.8) is 0 Å². The van der Waals surface area contributed by atoms with E-state index in [1.807, 2.05) is 31.2 Å². The van der Waals surface area contributed by atoms with Crippen molar-refractivity contribution in [1.29, 1.82) is 0 Å². The van der Waals surface area contributed by atoms with Crippen molar-refractivity contribution in [2.75, 3.05) is 11.6 Å². The molecular formula is C17H22F3N5OS. The van der Waals surface area contributed by atoms with Crippen LogP contribution < -0.4 is 11.2 Å². The van der Waals surface area contributed by atoms with Gasteiger partial charge in [0, 0.05) is 0 Å². The molecule has 0 saturated carbocycles. The first-order chi connectivity index (χ1) is 12.6. The molecule has 1 amide bonds. The summed E-state index contributed by atoms with van der Waals surface area (Å²) in [6, 6.07) is 7.75. The lowest BCUT2D eigenvalue weighted by atomic mass is 10.00. The van der Waals surface area contributed by atoms with E-state index in [9.17, 15) is 18.0 Å². The molecule has 0 saturated heterocycles. The standard InChI is InChI=1S/C17H22F3N5OS/c1-10(2)8-12-4-6-13(7-5-12)11(3)22-14(26)9-27-16-24-23-15(25(16)21)17(18,19)20/h4-7,10-11H,8-9,21H2,1-3H3,(H,22,26). The summed E-state index contributed by atoms with van der Waals surface area (Å²) >= 11 is 0.791. The number of amides is 1. The summed E-state index contributed by atoms with van der Waals surface area (Å²) in [5, 5.41) is 9.01. The van der Waals surface area contributed by atoms with Gasteiger partial charge in [0.1, 0.15) is 0 Å². The minimum atomic E-state index is -4.70. The van der Waals surface area contributed by atoms with Crippen LogP contribution in [0.15, 0.2) is 29.4 Å². The predicted octanol–water partition coefficient (Wildman–Crippen LogP) is 3.18. The quantitative estimate of drug-likeness (QED) is 0.550. The number of nitrogens with zero attached hydrogens (tertiary/aromatic N) is 3. The normalized spacial score (nSPS) is 13.0. The van der Waals surface area contributed by atoms with Crippen LogP contribution in [0.1, 0.15) is 43.8 Å². The maximum atomic E-state index is 12.6. The highest BCUT2D eigenvalue weighted by molar-refractivity contribution is 7.99. The Kier molecular flexibility index (Phi) is 6.74. The number of aromatic nitrogens is 3. The largest absolute Gasteiger partial charge is 0.453 e. The molecule has 0 bridgehead atoms. The van der Waals surface area contributed by atoms with Gasteiger partial charge in [0.15, 0.2) is 0 Å². The van der Waals surface area contributed by atoms with Gasteiger partial charge in [0.05, 0.1) is 11.8 Å². The molecular weight excluding hydrogens is 379 g/mol. The van der Waals surface area contributed by atoms with E-state index in [0.29, 0.717) is 10.6 Å². The van der Waals surface area contributed by atoms with Gasteiger partial charge < -0.3 is 11.2 Å². The molecule has 0 aliphatic heterocycles. The zero-order valence-corrected chi connectivity index (χ0v) is 16.1. The van der Waals surface area contributed by atoms with Crippen LogP contribution in [-0.4, -0.2) is 26.5 Å². The molecule has 1 atom stereocenters. The van der Waals surface area contributed by atoms with E-state index < -0.39 is 12.0 Å². The molecule has 2 aromatic rings. The zero-order valence-electron chi connectivity index (χ0n) is 15.2. The summed E-state index contributed by atoms with van der Waals surface area (Å²) in [4.78, 5) is 12.1. The summed E-state index contributed by atoms with van der Waals surface area (Å²) in [6.07, 6.45) is -3.71. The highest BCUT2D eigenvalue weighted by Gasteiger charge is 2.38. The summed E-state index contributed by atoms with van der Waals surface area (Å²) in [6.45, 7) is 6.13. The van der Waals surface area contributed by atoms with Crippen molar-refractivity contribution >= 4 is 17.7 Å². The van der Waals surface area contributed by atoms with Crippen LogP contribution in [0.3, 0.4) is 0 Å². The van der Waals surface area contributed by atoms with Crippen molar-refractivity contribution in [3.05, 3.63) is 41.2 Å². The fraction of sp³-hybridized carbons (Fsp3) is 0.471. The van der Waals surface area contributed by atoms with Gasteiger partial charge in [-0.3, -0.25) is 4.79 Å². The molecule has 0 aliphatic rings. The average molecular weight is 401 g/mol. The Balaban J connectivity index is 1.89. The van der Waals surface area contributed by atoms with Crippen molar-refractivity contribution in [2.45, 2.75) is 44.6 Å². The topological polar surface area (TPSA) is 85.8 Å². The monoisotopic (exact) mass is 401 g/mol. The number of benzene rings is 1. The second-order valence-electron chi connectivity index (χ2n) is 6.59. The second kappa shape index (κ2) is 8.64. The van der Waals surface area contributed by atoms with Gasteiger partial charge in [-0.1, -0.05) is 49.9 Å². The molecule has 0 radical (unpaired) electrons. The van der Waals surface area contributed by atoms with E-state index in [-0.39, 0.29) is 22.9 Å². The third kappa shape index (κ3) is 5.88. The van der Waals surface area contributed by atoms with Gasteiger partial charge in [-0.2, -0.15) is 13.2 Å². The molecule has 148 valence electrons. The molecule has 1 aromatic heterocycles. The van der Waals surface area contributed by atoms with E-state index in [1.165, 1.54) is 5.56 Å². The number of thioether (sulfide) groups is 1. The zero-order chi connectivity index (χ0) is 20.2. The van der Waals surface area contributed by atoms with E-state index in [1.54, 1.807) is 0 Å². The van der Waals surface area contributed by atoms with E-state index in [0.717, 1.165) is 23.7 Å². The number of hydrogen-bond acceptors (Lipinski definition) is 5. The van der Waals surface area contributed by atoms with Crippen LogP contribution >= 0.6 is 11.8 Å². The SMILES string of the molecule is CC(C)Cc1ccc(C(C)NC(=O)CSc2nnc(C(F)(F)F)n2N)cc1. The van der Waals surface area contributed by atoms with Gasteiger partial charge in [-0.25, -0.2) is 4.68 Å². The van der Waals surface area contributed by atoms with E-state index in [4.69, 9.17) is 5.84 Å². The number of nitrogens with two attached hydrogens (primary N) is 1. The minimum Gasteiger partial charge on any atom is -0.349 e. The number of nitrogen functional groups attached to an aromatic ring is 1. The summed E-state index contributed by atoms with van der Waals surface area (Å²) in [5.74, 6) is 4.13. The Morgan fingerprint density at radius 1 is 1.22 bits per heavy atom. The van der Waals surface area contributed by atoms with Crippen LogP contribution in [0.25, 0.3) is 0 Å². The Morgan fingerprint density at radius 2 is 1.85 bits per heavy atom. The molecule has 1 unspecified atom stereocenters. The van der Waals surface area contributed by atoms with Crippen molar-refractivity contribution in [1.82, 2.24) is 20.2 Å². The van der Waals surface area contributed by atoms with Gasteiger partial charge in [0.25, 0.3) is 5.82 Å². The number of hydrogen-bond donors (Lipinski definition) is 2. The lowest BCUT2D eigenvalue weighted by molar-refractivity contribution is -0.146. The smallest absolute Gasteiger partial charge is 0.349 e. The first-order valence-corrected chi connectivity index (χ1v) is 9.35. The van der Waals surface area contributed by atoms with Crippen molar-refractivity contribution in [3.8, 4) is 0 Å². The van der Waals surface area contributed by atoms with Gasteiger partial charge in [0.2, 0.25) is 11.1 Å². The second-order valence-corrected chi connectivity index (χ2v) is 7.53. The van der Waals surface area contributed by atoms with Gasteiger partial charge >= 0.3 is 6.18 Å². The van der Waals surface area contributed by atoms with E-state index in [2.05, 4.69) is 29.4 Å². The van der Waals surface area contributed by atoms with E-state index >= 15 is 0 Å². The number of rotatable bonds is 7. The number of carbonyl (C=O) groups is 1. The van der Waals surface area contributed by atoms with Crippen molar-refractivity contribution < 1.29 is 18.0 Å². The van der Waals surface area contributed by atoms with Gasteiger partial charge in [-0.15, -0.1) is 10.2 Å². The number of halogens is 3. The van der Waals surface area contributed by atoms with Crippen LogP contribution in [0, 0.1) is 5.92 Å². The Bertz CT molecular complexity index is 774. The number of carbonyl (C=O) groups excluding carboxylic acids is 1. The lowest BCUT2D eigenvalue weighted by Crippen LogP contribution is -2.28. The Labute approximate surface area is 159 Å². The fourth-order valence-corrected chi connectivity index (χ4v) is 3.15. The summed E-state index contributed by atoms with van der Waals surface area (Å²) < 4.78 is 38.2. The lowest BCUT2D eigenvalue weighted by Gasteiger charge is -2.15.